The summed E-state index contributed by atoms with van der Waals surface area (Å²) < 4.78 is 0. The maximum absolute atomic E-state index is 5.71. The Morgan fingerprint density at radius 1 is 1.00 bits per heavy atom. The fraction of sp³-hybridized carbons (Fsp3) is 0.647. The van der Waals surface area contributed by atoms with Gasteiger partial charge in [0.25, 0.3) is 0 Å². The summed E-state index contributed by atoms with van der Waals surface area (Å²) in [5, 5.41) is 0. The summed E-state index contributed by atoms with van der Waals surface area (Å²) in [4.78, 5) is 5.18. The number of anilines is 1. The number of hydrogen-bond acceptors (Lipinski definition) is 3. The quantitative estimate of drug-likeness (QED) is 0.857. The summed E-state index contributed by atoms with van der Waals surface area (Å²) in [6.07, 6.45) is 2.39. The molecule has 0 amide bonds. The number of nitrogen functional groups attached to an aromatic ring is 1. The van der Waals surface area contributed by atoms with E-state index < -0.39 is 0 Å². The summed E-state index contributed by atoms with van der Waals surface area (Å²) in [7, 11) is 0. The molecule has 0 spiro atoms. The standard InChI is InChI=1S/C17H29N3/c1-17(2,3)20-13-11-19(12-14-20)10-4-5-15-6-8-16(18)9-7-15/h6-9H,4-5,10-14,18H2,1-3H3. The normalized spacial score (nSPS) is 18.4. The molecule has 2 N–H and O–H groups in total. The van der Waals surface area contributed by atoms with Crippen LogP contribution in [0.4, 0.5) is 5.69 Å². The molecule has 0 saturated carbocycles. The zero-order valence-electron chi connectivity index (χ0n) is 13.2. The van der Waals surface area contributed by atoms with Crippen LogP contribution in [0.25, 0.3) is 0 Å². The third kappa shape index (κ3) is 4.50. The minimum atomic E-state index is 0.316. The van der Waals surface area contributed by atoms with Crippen LogP contribution in [0, 0.1) is 0 Å². The largest absolute Gasteiger partial charge is 0.399 e. The van der Waals surface area contributed by atoms with E-state index in [2.05, 4.69) is 42.7 Å². The Bertz CT molecular complexity index is 397. The van der Waals surface area contributed by atoms with E-state index in [4.69, 9.17) is 5.73 Å². The van der Waals surface area contributed by atoms with Gasteiger partial charge in [0.2, 0.25) is 0 Å². The molecule has 0 atom stereocenters. The van der Waals surface area contributed by atoms with Crippen molar-refractivity contribution in [2.45, 2.75) is 39.2 Å². The molecule has 0 aromatic heterocycles. The van der Waals surface area contributed by atoms with E-state index >= 15 is 0 Å². The number of benzene rings is 1. The Morgan fingerprint density at radius 2 is 1.60 bits per heavy atom. The molecule has 1 fully saturated rings. The van der Waals surface area contributed by atoms with E-state index in [1.165, 1.54) is 44.7 Å². The predicted molar refractivity (Wildman–Crippen MR) is 86.9 cm³/mol. The van der Waals surface area contributed by atoms with Crippen LogP contribution >= 0.6 is 0 Å². The van der Waals surface area contributed by atoms with Gasteiger partial charge in [0.05, 0.1) is 0 Å². The van der Waals surface area contributed by atoms with E-state index in [-0.39, 0.29) is 0 Å². The first-order chi connectivity index (χ1) is 9.45. The van der Waals surface area contributed by atoms with Crippen LogP contribution < -0.4 is 5.73 Å². The van der Waals surface area contributed by atoms with Gasteiger partial charge in [-0.1, -0.05) is 12.1 Å². The lowest BCUT2D eigenvalue weighted by Crippen LogP contribution is -2.53. The second kappa shape index (κ2) is 6.59. The molecule has 1 saturated heterocycles. The number of rotatable bonds is 4. The summed E-state index contributed by atoms with van der Waals surface area (Å²) in [6.45, 7) is 13.0. The topological polar surface area (TPSA) is 32.5 Å². The van der Waals surface area contributed by atoms with Crippen LogP contribution in [0.3, 0.4) is 0 Å². The zero-order chi connectivity index (χ0) is 14.6. The Morgan fingerprint density at radius 3 is 2.15 bits per heavy atom. The van der Waals surface area contributed by atoms with Crippen LogP contribution in [0.15, 0.2) is 24.3 Å². The molecule has 3 heteroatoms. The predicted octanol–water partition coefficient (Wildman–Crippen LogP) is 2.62. The molecular formula is C17H29N3. The summed E-state index contributed by atoms with van der Waals surface area (Å²) in [6, 6.07) is 8.29. The molecule has 1 aromatic carbocycles. The van der Waals surface area contributed by atoms with Gasteiger partial charge in [0.1, 0.15) is 0 Å². The molecule has 0 radical (unpaired) electrons. The minimum absolute atomic E-state index is 0.316. The SMILES string of the molecule is CC(C)(C)N1CCN(CCCc2ccc(N)cc2)CC1. The van der Waals surface area contributed by atoms with Gasteiger partial charge in [0, 0.05) is 37.4 Å². The highest BCUT2D eigenvalue weighted by Crippen LogP contribution is 2.16. The summed E-state index contributed by atoms with van der Waals surface area (Å²) in [5.41, 5.74) is 8.27. The summed E-state index contributed by atoms with van der Waals surface area (Å²) >= 11 is 0. The van der Waals surface area contributed by atoms with E-state index in [0.717, 1.165) is 12.1 Å². The first kappa shape index (κ1) is 15.3. The molecule has 1 heterocycles. The fourth-order valence-electron chi connectivity index (χ4n) is 2.83. The number of nitrogens with zero attached hydrogens (tertiary/aromatic N) is 2. The van der Waals surface area contributed by atoms with Crippen LogP contribution in [-0.2, 0) is 6.42 Å². The van der Waals surface area contributed by atoms with Crippen LogP contribution in [0.5, 0.6) is 0 Å². The van der Waals surface area contributed by atoms with Crippen molar-refractivity contribution in [3.8, 4) is 0 Å². The van der Waals surface area contributed by atoms with Crippen molar-refractivity contribution >= 4 is 5.69 Å². The van der Waals surface area contributed by atoms with Crippen LogP contribution in [0.2, 0.25) is 0 Å². The Balaban J connectivity index is 1.67. The molecule has 1 aliphatic rings. The molecule has 1 aliphatic heterocycles. The molecule has 2 rings (SSSR count). The van der Waals surface area contributed by atoms with Gasteiger partial charge in [-0.15, -0.1) is 0 Å². The highest BCUT2D eigenvalue weighted by Gasteiger charge is 2.25. The van der Waals surface area contributed by atoms with Gasteiger partial charge >= 0.3 is 0 Å². The number of hydrogen-bond donors (Lipinski definition) is 1. The van der Waals surface area contributed by atoms with Gasteiger partial charge in [0.15, 0.2) is 0 Å². The van der Waals surface area contributed by atoms with Crippen molar-refractivity contribution in [2.75, 3.05) is 38.5 Å². The third-order valence-corrected chi connectivity index (χ3v) is 4.24. The van der Waals surface area contributed by atoms with Gasteiger partial charge in [-0.3, -0.25) is 4.90 Å². The first-order valence-electron chi connectivity index (χ1n) is 7.77. The molecule has 1 aromatic rings. The Hall–Kier alpha value is -1.06. The maximum atomic E-state index is 5.71. The van der Waals surface area contributed by atoms with Crippen molar-refractivity contribution in [1.82, 2.24) is 9.80 Å². The molecule has 112 valence electrons. The lowest BCUT2D eigenvalue weighted by molar-refractivity contribution is 0.0619. The molecule has 20 heavy (non-hydrogen) atoms. The average molecular weight is 275 g/mol. The highest BCUT2D eigenvalue weighted by molar-refractivity contribution is 5.39. The van der Waals surface area contributed by atoms with Gasteiger partial charge in [-0.05, 0) is 57.9 Å². The molecule has 3 nitrogen and oxygen atoms in total. The van der Waals surface area contributed by atoms with Gasteiger partial charge < -0.3 is 10.6 Å². The van der Waals surface area contributed by atoms with Crippen LogP contribution in [-0.4, -0.2) is 48.1 Å². The Kier molecular flexibility index (Phi) is 5.06. The minimum Gasteiger partial charge on any atom is -0.399 e. The third-order valence-electron chi connectivity index (χ3n) is 4.24. The lowest BCUT2D eigenvalue weighted by atomic mass is 10.0. The van der Waals surface area contributed by atoms with Gasteiger partial charge in [-0.25, -0.2) is 0 Å². The van der Waals surface area contributed by atoms with Crippen molar-refractivity contribution in [3.05, 3.63) is 29.8 Å². The van der Waals surface area contributed by atoms with Crippen molar-refractivity contribution in [2.24, 2.45) is 0 Å². The van der Waals surface area contributed by atoms with Crippen molar-refractivity contribution in [1.29, 1.82) is 0 Å². The molecule has 0 bridgehead atoms. The Labute approximate surface area is 123 Å². The molecule has 0 aliphatic carbocycles. The highest BCUT2D eigenvalue weighted by atomic mass is 15.3. The van der Waals surface area contributed by atoms with E-state index in [9.17, 15) is 0 Å². The number of aryl methyl sites for hydroxylation is 1. The van der Waals surface area contributed by atoms with Gasteiger partial charge in [-0.2, -0.15) is 0 Å². The fourth-order valence-corrected chi connectivity index (χ4v) is 2.83. The van der Waals surface area contributed by atoms with Crippen molar-refractivity contribution in [3.63, 3.8) is 0 Å². The second-order valence-corrected chi connectivity index (χ2v) is 6.84. The van der Waals surface area contributed by atoms with E-state index in [0.29, 0.717) is 5.54 Å². The van der Waals surface area contributed by atoms with E-state index in [1.54, 1.807) is 0 Å². The maximum Gasteiger partial charge on any atom is 0.0314 e. The smallest absolute Gasteiger partial charge is 0.0314 e. The summed E-state index contributed by atoms with van der Waals surface area (Å²) in [5.74, 6) is 0. The average Bonchev–Trinajstić information content (AvgIpc) is 2.41. The van der Waals surface area contributed by atoms with Crippen molar-refractivity contribution < 1.29 is 0 Å². The number of piperazine rings is 1. The molecular weight excluding hydrogens is 246 g/mol. The van der Waals surface area contributed by atoms with E-state index in [1.807, 2.05) is 12.1 Å². The van der Waals surface area contributed by atoms with Crippen LogP contribution in [0.1, 0.15) is 32.8 Å². The monoisotopic (exact) mass is 275 g/mol. The number of nitrogens with two attached hydrogens (primary N) is 1. The molecule has 0 unspecified atom stereocenters. The first-order valence-corrected chi connectivity index (χ1v) is 7.77. The second-order valence-electron chi connectivity index (χ2n) is 6.84. The lowest BCUT2D eigenvalue weighted by Gasteiger charge is -2.42. The zero-order valence-corrected chi connectivity index (χ0v) is 13.2.